The van der Waals surface area contributed by atoms with Gasteiger partial charge in [0.1, 0.15) is 5.75 Å². The highest BCUT2D eigenvalue weighted by Crippen LogP contribution is 2.69. The van der Waals surface area contributed by atoms with Crippen LogP contribution < -0.4 is 29.3 Å². The van der Waals surface area contributed by atoms with Gasteiger partial charge in [0.15, 0.2) is 18.1 Å². The molecule has 2 saturated carbocycles. The van der Waals surface area contributed by atoms with E-state index in [1.807, 2.05) is 6.07 Å². The first kappa shape index (κ1) is 33.4. The van der Waals surface area contributed by atoms with Gasteiger partial charge in [-0.05, 0) is 78.3 Å². The average Bonchev–Trinajstić information content (AvgIpc) is 3.85. The molecule has 3 aromatic carbocycles. The third-order valence-electron chi connectivity index (χ3n) is 10.5. The van der Waals surface area contributed by atoms with Gasteiger partial charge in [-0.25, -0.2) is 0 Å². The molecule has 3 fully saturated rings. The summed E-state index contributed by atoms with van der Waals surface area (Å²) in [4.78, 5) is 58.3. The van der Waals surface area contributed by atoms with Crippen LogP contribution in [0.15, 0.2) is 76.6 Å². The molecule has 0 unspecified atom stereocenters. The number of carbonyl (C=O) groups is 3. The number of aromatic nitrogens is 1. The van der Waals surface area contributed by atoms with E-state index < -0.39 is 36.1 Å². The minimum absolute atomic E-state index is 0.0308. The fourth-order valence-electron chi connectivity index (χ4n) is 8.54. The average molecular weight is 738 g/mol. The molecule has 4 aliphatic rings. The fourth-order valence-corrected chi connectivity index (χ4v) is 11.4. The van der Waals surface area contributed by atoms with Crippen molar-refractivity contribution in [2.45, 2.75) is 28.8 Å². The topological polar surface area (TPSA) is 127 Å². The first-order chi connectivity index (χ1) is 24.5. The zero-order chi connectivity index (χ0) is 35.8. The smallest absolute Gasteiger partial charge is 0.418 e. The minimum atomic E-state index is -4.65. The van der Waals surface area contributed by atoms with Gasteiger partial charge in [-0.3, -0.25) is 24.1 Å². The molecule has 2 N–H and O–H groups in total. The number of hydrogen-bond donors (Lipinski definition) is 2. The second kappa shape index (κ2) is 12.5. The maximum Gasteiger partial charge on any atom is 0.418 e. The number of methoxy groups -OCH3 is 2. The quantitative estimate of drug-likeness (QED) is 0.206. The van der Waals surface area contributed by atoms with Crippen molar-refractivity contribution in [2.75, 3.05) is 31.0 Å². The summed E-state index contributed by atoms with van der Waals surface area (Å²) in [7, 11) is 2.98. The standard InChI is InChI=1S/C36H30F3N3O7S2/c1-47-18-10-8-17(9-11-18)42-33(44)28-19-14-20(29(28)34(42)45)30-27(19)26(31-32(50-30)41-35(46)51-31)16-7-12-23(24(13-16)48-2)49-15-25(43)40-22-6-4-3-5-21(22)36(37,38)39/h3-13,19-20,26-30H,14-15H2,1-2H3,(H,40,43)(H,41,46)/t19-,20-,26+,27-,28+,29+,30-/m1/s1. The van der Waals surface area contributed by atoms with Crippen molar-refractivity contribution in [1.82, 2.24) is 4.98 Å². The number of benzene rings is 3. The number of alkyl halides is 3. The molecule has 8 rings (SSSR count). The summed E-state index contributed by atoms with van der Waals surface area (Å²) in [6.45, 7) is -0.579. The Morgan fingerprint density at radius 3 is 2.37 bits per heavy atom. The molecule has 51 heavy (non-hydrogen) atoms. The lowest BCUT2D eigenvalue weighted by molar-refractivity contribution is -0.137. The van der Waals surface area contributed by atoms with E-state index in [1.165, 1.54) is 30.2 Å². The third-order valence-corrected chi connectivity index (χ3v) is 13.1. The van der Waals surface area contributed by atoms with Crippen molar-refractivity contribution in [2.24, 2.45) is 29.6 Å². The van der Waals surface area contributed by atoms with Crippen LogP contribution in [0.4, 0.5) is 24.5 Å². The predicted octanol–water partition coefficient (Wildman–Crippen LogP) is 6.17. The highest BCUT2D eigenvalue weighted by molar-refractivity contribution is 8.00. The molecule has 264 valence electrons. The number of anilines is 2. The third kappa shape index (κ3) is 5.48. The Kier molecular flexibility index (Phi) is 8.17. The van der Waals surface area contributed by atoms with E-state index >= 15 is 0 Å². The SMILES string of the molecule is COc1ccc(N2C(=O)[C@H]3[C@H]4C[C@@H]([C@@H]3C2=O)[C@@H]2[C@H](c3ccc(OCC(=O)Nc5ccccc5C(F)(F)F)c(OC)c3)c3sc(=O)[nH]c3S[C@H]42)cc1. The number of thiazole rings is 1. The summed E-state index contributed by atoms with van der Waals surface area (Å²) >= 11 is 2.70. The fraction of sp³-hybridized carbons (Fsp3) is 0.333. The molecule has 2 bridgehead atoms. The molecule has 2 aliphatic carbocycles. The lowest BCUT2D eigenvalue weighted by Crippen LogP contribution is -2.42. The van der Waals surface area contributed by atoms with Crippen LogP contribution in [0.1, 0.15) is 28.3 Å². The predicted molar refractivity (Wildman–Crippen MR) is 183 cm³/mol. The van der Waals surface area contributed by atoms with Crippen LogP contribution >= 0.6 is 23.1 Å². The van der Waals surface area contributed by atoms with Crippen molar-refractivity contribution in [3.8, 4) is 17.2 Å². The van der Waals surface area contributed by atoms with E-state index in [9.17, 15) is 32.3 Å². The number of H-pyrrole nitrogens is 1. The number of amides is 3. The van der Waals surface area contributed by atoms with E-state index in [2.05, 4.69) is 10.3 Å². The first-order valence-corrected chi connectivity index (χ1v) is 17.9. The number of ether oxygens (including phenoxy) is 3. The van der Waals surface area contributed by atoms with Gasteiger partial charge in [0.2, 0.25) is 11.8 Å². The maximum absolute atomic E-state index is 14.1. The number of thioether (sulfide) groups is 1. The van der Waals surface area contributed by atoms with E-state index in [0.717, 1.165) is 32.9 Å². The first-order valence-electron chi connectivity index (χ1n) is 16.2. The van der Waals surface area contributed by atoms with Crippen LogP contribution in [0.5, 0.6) is 17.2 Å². The number of nitrogens with zero attached hydrogens (tertiary/aromatic N) is 1. The Morgan fingerprint density at radius 1 is 0.941 bits per heavy atom. The lowest BCUT2D eigenvalue weighted by atomic mass is 9.68. The molecule has 3 amide bonds. The van der Waals surface area contributed by atoms with Crippen molar-refractivity contribution in [3.63, 3.8) is 0 Å². The monoisotopic (exact) mass is 737 g/mol. The zero-order valence-corrected chi connectivity index (χ0v) is 28.7. The summed E-state index contributed by atoms with van der Waals surface area (Å²) in [5.41, 5.74) is -0.0365. The Balaban J connectivity index is 1.07. The number of carbonyl (C=O) groups excluding carboxylic acids is 3. The summed E-state index contributed by atoms with van der Waals surface area (Å²) in [5, 5.41) is 2.98. The molecule has 0 radical (unpaired) electrons. The van der Waals surface area contributed by atoms with E-state index in [0.29, 0.717) is 17.9 Å². The maximum atomic E-state index is 14.1. The Labute approximate surface area is 297 Å². The van der Waals surface area contributed by atoms with E-state index in [1.54, 1.807) is 55.3 Å². The van der Waals surface area contributed by atoms with Crippen LogP contribution in [0, 0.1) is 29.6 Å². The van der Waals surface area contributed by atoms with Gasteiger partial charge in [0.05, 0.1) is 48.0 Å². The summed E-state index contributed by atoms with van der Waals surface area (Å²) in [6, 6.07) is 16.8. The van der Waals surface area contributed by atoms with Gasteiger partial charge in [-0.2, -0.15) is 13.2 Å². The molecule has 7 atom stereocenters. The van der Waals surface area contributed by atoms with Crippen molar-refractivity contribution in [3.05, 3.63) is 92.4 Å². The van der Waals surface area contributed by atoms with Crippen LogP contribution in [-0.4, -0.2) is 48.8 Å². The van der Waals surface area contributed by atoms with Crippen LogP contribution in [0.25, 0.3) is 0 Å². The molecular formula is C36H30F3N3O7S2. The van der Waals surface area contributed by atoms with Crippen molar-refractivity contribution in [1.29, 1.82) is 0 Å². The number of nitrogens with one attached hydrogen (secondary N) is 2. The van der Waals surface area contributed by atoms with Gasteiger partial charge in [-0.1, -0.05) is 29.5 Å². The van der Waals surface area contributed by atoms with E-state index in [-0.39, 0.29) is 62.8 Å². The van der Waals surface area contributed by atoms with Crippen molar-refractivity contribution < 1.29 is 41.8 Å². The number of imide groups is 1. The number of rotatable bonds is 8. The molecule has 4 aromatic rings. The molecule has 10 nitrogen and oxygen atoms in total. The lowest BCUT2D eigenvalue weighted by Gasteiger charge is -2.43. The Hall–Kier alpha value is -4.76. The number of para-hydroxylation sites is 1. The number of halogens is 3. The molecule has 1 saturated heterocycles. The van der Waals surface area contributed by atoms with E-state index in [4.69, 9.17) is 14.2 Å². The van der Waals surface area contributed by atoms with Gasteiger partial charge >= 0.3 is 11.0 Å². The second-order valence-corrected chi connectivity index (χ2v) is 15.2. The Morgan fingerprint density at radius 2 is 1.67 bits per heavy atom. The van der Waals surface area contributed by atoms with Gasteiger partial charge in [0, 0.05) is 16.0 Å². The molecule has 1 aromatic heterocycles. The highest BCUT2D eigenvalue weighted by atomic mass is 32.2. The zero-order valence-electron chi connectivity index (χ0n) is 27.1. The largest absolute Gasteiger partial charge is 0.497 e. The Bertz CT molecular complexity index is 2120. The number of aromatic amines is 1. The minimum Gasteiger partial charge on any atom is -0.497 e. The molecular weight excluding hydrogens is 708 g/mol. The van der Waals surface area contributed by atoms with Gasteiger partial charge in [-0.15, -0.1) is 11.8 Å². The molecule has 15 heteroatoms. The summed E-state index contributed by atoms with van der Waals surface area (Å²) < 4.78 is 56.9. The molecule has 2 aliphatic heterocycles. The van der Waals surface area contributed by atoms with Crippen LogP contribution in [-0.2, 0) is 20.6 Å². The summed E-state index contributed by atoms with van der Waals surface area (Å²) in [6.07, 6.45) is -3.93. The van der Waals surface area contributed by atoms with Crippen LogP contribution in [0.3, 0.4) is 0 Å². The second-order valence-electron chi connectivity index (χ2n) is 13.0. The van der Waals surface area contributed by atoms with Gasteiger partial charge < -0.3 is 24.5 Å². The number of hydrogen-bond acceptors (Lipinski definition) is 9. The normalized spacial score (nSPS) is 26.1. The molecule has 0 spiro atoms. The van der Waals surface area contributed by atoms with Crippen LogP contribution in [0.2, 0.25) is 0 Å². The number of fused-ring (bicyclic) bond motifs is 9. The molecule has 3 heterocycles. The van der Waals surface area contributed by atoms with Gasteiger partial charge in [0.25, 0.3) is 5.91 Å². The summed E-state index contributed by atoms with van der Waals surface area (Å²) in [5.74, 6) is -1.59. The highest BCUT2D eigenvalue weighted by Gasteiger charge is 2.69. The van der Waals surface area contributed by atoms with Crippen molar-refractivity contribution >= 4 is 52.2 Å².